The second kappa shape index (κ2) is 13.1. The van der Waals surface area contributed by atoms with E-state index in [1.54, 1.807) is 0 Å². The Balaban J connectivity index is 4.91. The van der Waals surface area contributed by atoms with Crippen LogP contribution in [0.15, 0.2) is 0 Å². The van der Waals surface area contributed by atoms with Crippen molar-refractivity contribution >= 4 is 28.9 Å². The van der Waals surface area contributed by atoms with Crippen molar-refractivity contribution < 1.29 is 23.6 Å². The van der Waals surface area contributed by atoms with E-state index in [-0.39, 0.29) is 18.4 Å². The number of thioether (sulfide) groups is 1. The zero-order valence-electron chi connectivity index (χ0n) is 16.0. The monoisotopic (exact) mass is 361 g/mol. The van der Waals surface area contributed by atoms with Crippen LogP contribution in [0, 0.1) is 0 Å². The second-order valence-electron chi connectivity index (χ2n) is 5.98. The van der Waals surface area contributed by atoms with Gasteiger partial charge in [-0.05, 0) is 24.6 Å². The summed E-state index contributed by atoms with van der Waals surface area (Å²) in [7, 11) is 7.62. The van der Waals surface area contributed by atoms with Crippen molar-refractivity contribution in [1.82, 2.24) is 4.90 Å². The lowest BCUT2D eigenvalue weighted by Gasteiger charge is -2.17. The van der Waals surface area contributed by atoms with Gasteiger partial charge in [0.25, 0.3) is 0 Å². The van der Waals surface area contributed by atoms with Gasteiger partial charge in [0.15, 0.2) is 0 Å². The van der Waals surface area contributed by atoms with Gasteiger partial charge in [0.2, 0.25) is 0 Å². The summed E-state index contributed by atoms with van der Waals surface area (Å²) in [6.45, 7) is 4.86. The molecular weight excluding hydrogens is 328 g/mol. The molecule has 0 fully saturated rings. The summed E-state index contributed by atoms with van der Waals surface area (Å²) in [4.78, 5) is 26.3. The molecule has 0 aliphatic carbocycles. The lowest BCUT2D eigenvalue weighted by Crippen LogP contribution is -2.33. The van der Waals surface area contributed by atoms with Gasteiger partial charge >= 0.3 is 17.1 Å². The van der Waals surface area contributed by atoms with Crippen molar-refractivity contribution in [3.63, 3.8) is 0 Å². The number of carbonyl (C=O) groups is 2. The van der Waals surface area contributed by atoms with Crippen LogP contribution in [-0.4, -0.2) is 73.2 Å². The lowest BCUT2D eigenvalue weighted by atomic mass is 10.3. The Bertz CT molecular complexity index is 421. The number of carbonyl (C=O) groups excluding carboxylic acids is 2. The van der Waals surface area contributed by atoms with Crippen molar-refractivity contribution in [2.45, 2.75) is 51.2 Å². The highest BCUT2D eigenvalue weighted by molar-refractivity contribution is 8.14. The van der Waals surface area contributed by atoms with Crippen LogP contribution in [0.4, 0.5) is 0 Å². The molecule has 0 spiro atoms. The number of hydrogen-bond acceptors (Lipinski definition) is 5. The summed E-state index contributed by atoms with van der Waals surface area (Å²) >= 11 is 1.33. The van der Waals surface area contributed by atoms with Crippen LogP contribution < -0.4 is 0 Å². The third kappa shape index (κ3) is 9.80. The standard InChI is InChI=1S/C17H33N2O4S/c1-7-9-11-22-15(20)13-14(16(21)23-12-10-8-2)24-17(18(3)4)19(5)6/h14H,7-13H2,1-6H3/q+1. The van der Waals surface area contributed by atoms with Crippen LogP contribution in [0.1, 0.15) is 46.0 Å². The topological polar surface area (TPSA) is 58.8 Å². The summed E-state index contributed by atoms with van der Waals surface area (Å²) in [6, 6.07) is 0. The van der Waals surface area contributed by atoms with Crippen LogP contribution in [0.2, 0.25) is 0 Å². The van der Waals surface area contributed by atoms with Gasteiger partial charge in [-0.3, -0.25) is 19.1 Å². The summed E-state index contributed by atoms with van der Waals surface area (Å²) in [5.41, 5.74) is 0. The maximum absolute atomic E-state index is 12.4. The molecule has 0 amide bonds. The van der Waals surface area contributed by atoms with Gasteiger partial charge in [-0.15, -0.1) is 0 Å². The van der Waals surface area contributed by atoms with E-state index in [2.05, 4.69) is 0 Å². The molecule has 1 atom stereocenters. The molecular formula is C17H33N2O4S+. The molecule has 0 aliphatic heterocycles. The van der Waals surface area contributed by atoms with Gasteiger partial charge < -0.3 is 9.47 Å². The first-order chi connectivity index (χ1) is 11.3. The van der Waals surface area contributed by atoms with Gasteiger partial charge in [0, 0.05) is 0 Å². The zero-order chi connectivity index (χ0) is 18.5. The Kier molecular flexibility index (Phi) is 12.4. The third-order valence-corrected chi connectivity index (χ3v) is 4.72. The second-order valence-corrected chi connectivity index (χ2v) is 7.15. The molecule has 1 unspecified atom stereocenters. The molecule has 0 aromatic rings. The molecule has 0 radical (unpaired) electrons. The molecule has 0 bridgehead atoms. The van der Waals surface area contributed by atoms with E-state index >= 15 is 0 Å². The number of esters is 2. The lowest BCUT2D eigenvalue weighted by molar-refractivity contribution is -0.466. The molecule has 0 N–H and O–H groups in total. The highest BCUT2D eigenvalue weighted by atomic mass is 32.2. The Morgan fingerprint density at radius 3 is 2.04 bits per heavy atom. The van der Waals surface area contributed by atoms with Gasteiger partial charge in [0.05, 0.1) is 47.8 Å². The highest BCUT2D eigenvalue weighted by Crippen LogP contribution is 2.20. The third-order valence-electron chi connectivity index (χ3n) is 3.13. The predicted molar refractivity (Wildman–Crippen MR) is 98.5 cm³/mol. The molecule has 0 aliphatic rings. The first-order valence-corrected chi connectivity index (χ1v) is 9.41. The molecule has 0 saturated heterocycles. The Labute approximate surface area is 150 Å². The Morgan fingerprint density at radius 2 is 1.58 bits per heavy atom. The largest absolute Gasteiger partial charge is 0.466 e. The number of unbranched alkanes of at least 4 members (excludes halogenated alkanes) is 2. The van der Waals surface area contributed by atoms with Crippen LogP contribution in [0.5, 0.6) is 0 Å². The smallest absolute Gasteiger partial charge is 0.320 e. The van der Waals surface area contributed by atoms with E-state index in [0.29, 0.717) is 13.2 Å². The number of amidine groups is 1. The van der Waals surface area contributed by atoms with Crippen molar-refractivity contribution in [2.24, 2.45) is 0 Å². The van der Waals surface area contributed by atoms with Gasteiger partial charge in [0.1, 0.15) is 5.25 Å². The van der Waals surface area contributed by atoms with Gasteiger partial charge in [-0.25, -0.2) is 0 Å². The van der Waals surface area contributed by atoms with Crippen LogP contribution >= 0.6 is 11.8 Å². The van der Waals surface area contributed by atoms with E-state index in [4.69, 9.17) is 9.47 Å². The number of ether oxygens (including phenoxy) is 2. The Morgan fingerprint density at radius 1 is 1.04 bits per heavy atom. The minimum atomic E-state index is -0.601. The molecule has 0 heterocycles. The quantitative estimate of drug-likeness (QED) is 0.196. The number of hydrogen-bond donors (Lipinski definition) is 0. The van der Waals surface area contributed by atoms with E-state index in [9.17, 15) is 9.59 Å². The maximum atomic E-state index is 12.4. The van der Waals surface area contributed by atoms with E-state index in [1.165, 1.54) is 11.8 Å². The summed E-state index contributed by atoms with van der Waals surface area (Å²) in [5.74, 6) is -0.715. The fraction of sp³-hybridized carbons (Fsp3) is 0.824. The summed E-state index contributed by atoms with van der Waals surface area (Å²) < 4.78 is 12.4. The Hall–Kier alpha value is -1.24. The molecule has 6 nitrogen and oxygen atoms in total. The van der Waals surface area contributed by atoms with E-state index in [0.717, 1.165) is 30.9 Å². The van der Waals surface area contributed by atoms with E-state index < -0.39 is 5.25 Å². The van der Waals surface area contributed by atoms with Crippen LogP contribution in [-0.2, 0) is 19.1 Å². The first kappa shape index (κ1) is 22.8. The first-order valence-electron chi connectivity index (χ1n) is 8.53. The van der Waals surface area contributed by atoms with Gasteiger partial charge in [-0.1, -0.05) is 26.7 Å². The predicted octanol–water partition coefficient (Wildman–Crippen LogP) is 2.35. The number of rotatable bonds is 10. The average molecular weight is 362 g/mol. The summed E-state index contributed by atoms with van der Waals surface area (Å²) in [5, 5.41) is 0.282. The number of nitrogens with zero attached hydrogens (tertiary/aromatic N) is 2. The minimum absolute atomic E-state index is 0.0184. The van der Waals surface area contributed by atoms with Crippen molar-refractivity contribution in [3.8, 4) is 0 Å². The summed E-state index contributed by atoms with van der Waals surface area (Å²) in [6.07, 6.45) is 3.59. The maximum Gasteiger partial charge on any atom is 0.320 e. The molecule has 0 aromatic heterocycles. The van der Waals surface area contributed by atoms with Gasteiger partial charge in [-0.2, -0.15) is 0 Å². The van der Waals surface area contributed by atoms with Crippen LogP contribution in [0.3, 0.4) is 0 Å². The highest BCUT2D eigenvalue weighted by Gasteiger charge is 2.30. The minimum Gasteiger partial charge on any atom is -0.466 e. The molecule has 140 valence electrons. The normalized spacial score (nSPS) is 11.6. The van der Waals surface area contributed by atoms with Crippen LogP contribution in [0.25, 0.3) is 0 Å². The van der Waals surface area contributed by atoms with Crippen molar-refractivity contribution in [2.75, 3.05) is 41.4 Å². The molecule has 0 saturated carbocycles. The SMILES string of the molecule is CCCCOC(=O)CC(SC(N(C)C)=[N+](C)C)C(=O)OCCCC. The fourth-order valence-electron chi connectivity index (χ4n) is 1.86. The average Bonchev–Trinajstić information content (AvgIpc) is 2.50. The van der Waals surface area contributed by atoms with Crippen molar-refractivity contribution in [1.29, 1.82) is 0 Å². The van der Waals surface area contributed by atoms with E-state index in [1.807, 2.05) is 51.5 Å². The molecule has 0 rings (SSSR count). The molecule has 0 aromatic carbocycles. The molecule has 7 heteroatoms. The zero-order valence-corrected chi connectivity index (χ0v) is 16.8. The fourth-order valence-corrected chi connectivity index (χ4v) is 2.92. The molecule has 24 heavy (non-hydrogen) atoms. The van der Waals surface area contributed by atoms with Crippen molar-refractivity contribution in [3.05, 3.63) is 0 Å².